The van der Waals surface area contributed by atoms with Crippen molar-refractivity contribution in [1.29, 1.82) is 0 Å². The lowest BCUT2D eigenvalue weighted by atomic mass is 10.1. The molecule has 3 aromatic heterocycles. The van der Waals surface area contributed by atoms with E-state index in [1.165, 1.54) is 5.56 Å². The topological polar surface area (TPSA) is 85.0 Å². The van der Waals surface area contributed by atoms with Crippen LogP contribution in [0.15, 0.2) is 84.8 Å². The second-order valence-corrected chi connectivity index (χ2v) is 6.98. The first kappa shape index (κ1) is 23.5. The van der Waals surface area contributed by atoms with Gasteiger partial charge in [-0.1, -0.05) is 12.1 Å². The highest BCUT2D eigenvalue weighted by Crippen LogP contribution is 2.09. The molecule has 0 aliphatic rings. The Morgan fingerprint density at radius 3 is 2.59 bits per heavy atom. The second kappa shape index (κ2) is 12.0. The van der Waals surface area contributed by atoms with Crippen LogP contribution in [-0.4, -0.2) is 43.4 Å². The number of halogens is 1. The Kier molecular flexibility index (Phi) is 8.79. The molecule has 8 nitrogen and oxygen atoms in total. The molecule has 0 fully saturated rings. The third-order valence-electron chi connectivity index (χ3n) is 4.75. The van der Waals surface area contributed by atoms with E-state index in [0.29, 0.717) is 6.54 Å². The van der Waals surface area contributed by atoms with Crippen molar-refractivity contribution >= 4 is 29.9 Å². The molecule has 3 heterocycles. The van der Waals surface area contributed by atoms with E-state index in [1.54, 1.807) is 24.9 Å². The number of hydrogen-bond acceptors (Lipinski definition) is 4. The summed E-state index contributed by atoms with van der Waals surface area (Å²) < 4.78 is 3.74. The summed E-state index contributed by atoms with van der Waals surface area (Å²) in [5.41, 5.74) is 3.41. The van der Waals surface area contributed by atoms with Gasteiger partial charge in [0, 0.05) is 44.1 Å². The van der Waals surface area contributed by atoms with Crippen molar-refractivity contribution in [1.82, 2.24) is 34.9 Å². The van der Waals surface area contributed by atoms with Gasteiger partial charge in [0.25, 0.3) is 0 Å². The molecule has 0 saturated heterocycles. The predicted octanol–water partition coefficient (Wildman–Crippen LogP) is 3.37. The monoisotopic (exact) mass is 542 g/mol. The van der Waals surface area contributed by atoms with Gasteiger partial charge in [-0.3, -0.25) is 4.57 Å². The number of hydrogen-bond donors (Lipinski definition) is 2. The average molecular weight is 542 g/mol. The molecule has 0 atom stereocenters. The number of rotatable bonds is 8. The van der Waals surface area contributed by atoms with Crippen molar-refractivity contribution in [3.8, 4) is 11.5 Å². The van der Waals surface area contributed by atoms with Crippen LogP contribution in [0.3, 0.4) is 0 Å². The van der Waals surface area contributed by atoms with Gasteiger partial charge in [0.2, 0.25) is 0 Å². The van der Waals surface area contributed by atoms with Gasteiger partial charge in [-0.15, -0.1) is 24.0 Å². The molecule has 0 spiro atoms. The first-order valence-electron chi connectivity index (χ1n) is 10.4. The zero-order valence-corrected chi connectivity index (χ0v) is 20.3. The first-order valence-corrected chi connectivity index (χ1v) is 10.4. The molecule has 0 bridgehead atoms. The molecule has 0 aliphatic heterocycles. The minimum Gasteiger partial charge on any atom is -0.357 e. The van der Waals surface area contributed by atoms with Gasteiger partial charge in [-0.25, -0.2) is 19.6 Å². The van der Waals surface area contributed by atoms with Crippen molar-refractivity contribution in [2.45, 2.75) is 19.9 Å². The Morgan fingerprint density at radius 2 is 1.88 bits per heavy atom. The molecular weight excluding hydrogens is 515 g/mol. The number of nitrogens with one attached hydrogen (secondary N) is 2. The largest absolute Gasteiger partial charge is 0.357 e. The quantitative estimate of drug-likeness (QED) is 0.203. The summed E-state index contributed by atoms with van der Waals surface area (Å²) in [4.78, 5) is 13.2. The number of imidazole rings is 1. The van der Waals surface area contributed by atoms with Crippen molar-refractivity contribution in [3.05, 3.63) is 90.9 Å². The summed E-state index contributed by atoms with van der Waals surface area (Å²) in [5, 5.41) is 11.0. The highest BCUT2D eigenvalue weighted by molar-refractivity contribution is 14.0. The van der Waals surface area contributed by atoms with Crippen LogP contribution in [0.4, 0.5) is 0 Å². The molecule has 0 amide bonds. The van der Waals surface area contributed by atoms with E-state index in [0.717, 1.165) is 42.5 Å². The minimum absolute atomic E-state index is 0. The Balaban J connectivity index is 0.00000289. The number of nitrogens with zero attached hydrogens (tertiary/aromatic N) is 6. The summed E-state index contributed by atoms with van der Waals surface area (Å²) in [6.07, 6.45) is 11.8. The van der Waals surface area contributed by atoms with Crippen molar-refractivity contribution in [2.24, 2.45) is 4.99 Å². The third kappa shape index (κ3) is 6.39. The predicted molar refractivity (Wildman–Crippen MR) is 137 cm³/mol. The smallest absolute Gasteiger partial charge is 0.191 e. The standard InChI is InChI=1S/C23H26N8.HI/c1-2-25-23(28-17-20-9-11-26-22(16-20)30-15-13-24-18-30)27-12-8-19-4-6-21(7-5-19)31-14-3-10-29-31;/h3-7,9-11,13-16,18H,2,8,12,17H2,1H3,(H2,25,27,28);1H. The number of pyridine rings is 1. The maximum absolute atomic E-state index is 4.72. The van der Waals surface area contributed by atoms with Crippen LogP contribution in [0.5, 0.6) is 0 Å². The van der Waals surface area contributed by atoms with E-state index in [-0.39, 0.29) is 24.0 Å². The zero-order chi connectivity index (χ0) is 21.3. The summed E-state index contributed by atoms with van der Waals surface area (Å²) in [6, 6.07) is 14.4. The van der Waals surface area contributed by atoms with Crippen LogP contribution in [0.1, 0.15) is 18.1 Å². The molecule has 9 heteroatoms. The average Bonchev–Trinajstić information content (AvgIpc) is 3.53. The van der Waals surface area contributed by atoms with Crippen molar-refractivity contribution < 1.29 is 0 Å². The van der Waals surface area contributed by atoms with Gasteiger partial charge in [-0.05, 0) is 54.8 Å². The van der Waals surface area contributed by atoms with Crippen molar-refractivity contribution in [2.75, 3.05) is 13.1 Å². The fourth-order valence-electron chi connectivity index (χ4n) is 3.17. The summed E-state index contributed by atoms with van der Waals surface area (Å²) in [7, 11) is 0. The van der Waals surface area contributed by atoms with E-state index < -0.39 is 0 Å². The van der Waals surface area contributed by atoms with Crippen LogP contribution < -0.4 is 10.6 Å². The Morgan fingerprint density at radius 1 is 1.00 bits per heavy atom. The summed E-state index contributed by atoms with van der Waals surface area (Å²) in [5.74, 6) is 1.64. The molecule has 0 saturated carbocycles. The summed E-state index contributed by atoms with van der Waals surface area (Å²) in [6.45, 7) is 4.23. The van der Waals surface area contributed by atoms with Gasteiger partial charge >= 0.3 is 0 Å². The number of guanidine groups is 1. The Hall–Kier alpha value is -3.21. The Labute approximate surface area is 204 Å². The lowest BCUT2D eigenvalue weighted by molar-refractivity contribution is 0.798. The van der Waals surface area contributed by atoms with Gasteiger partial charge in [-0.2, -0.15) is 5.10 Å². The first-order chi connectivity index (χ1) is 15.3. The fraction of sp³-hybridized carbons (Fsp3) is 0.217. The van der Waals surface area contributed by atoms with Gasteiger partial charge in [0.05, 0.1) is 12.2 Å². The van der Waals surface area contributed by atoms with E-state index >= 15 is 0 Å². The molecule has 166 valence electrons. The molecule has 32 heavy (non-hydrogen) atoms. The third-order valence-corrected chi connectivity index (χ3v) is 4.75. The summed E-state index contributed by atoms with van der Waals surface area (Å²) >= 11 is 0. The highest BCUT2D eigenvalue weighted by Gasteiger charge is 2.02. The molecule has 4 rings (SSSR count). The van der Waals surface area contributed by atoms with E-state index in [9.17, 15) is 0 Å². The molecule has 0 unspecified atom stereocenters. The fourth-order valence-corrected chi connectivity index (χ4v) is 3.17. The van der Waals surface area contributed by atoms with E-state index in [4.69, 9.17) is 4.99 Å². The lowest BCUT2D eigenvalue weighted by Crippen LogP contribution is -2.38. The van der Waals surface area contributed by atoms with Crippen LogP contribution >= 0.6 is 24.0 Å². The molecule has 0 radical (unpaired) electrons. The molecule has 4 aromatic rings. The SMILES string of the molecule is CCNC(=NCc1ccnc(-n2ccnc2)c1)NCCc1ccc(-n2cccn2)cc1.I. The van der Waals surface area contributed by atoms with Crippen LogP contribution in [0.25, 0.3) is 11.5 Å². The van der Waals surface area contributed by atoms with E-state index in [1.807, 2.05) is 39.8 Å². The van der Waals surface area contributed by atoms with Crippen molar-refractivity contribution in [3.63, 3.8) is 0 Å². The highest BCUT2D eigenvalue weighted by atomic mass is 127. The minimum atomic E-state index is 0. The molecule has 1 aromatic carbocycles. The maximum atomic E-state index is 4.72. The number of aliphatic imine (C=N–C) groups is 1. The van der Waals surface area contributed by atoms with Gasteiger partial charge in [0.15, 0.2) is 5.96 Å². The van der Waals surface area contributed by atoms with Gasteiger partial charge in [0.1, 0.15) is 12.1 Å². The zero-order valence-electron chi connectivity index (χ0n) is 17.9. The lowest BCUT2D eigenvalue weighted by Gasteiger charge is -2.12. The van der Waals surface area contributed by atoms with E-state index in [2.05, 4.69) is 56.9 Å². The van der Waals surface area contributed by atoms with Crippen LogP contribution in [0, 0.1) is 0 Å². The Bertz CT molecular complexity index is 1090. The second-order valence-electron chi connectivity index (χ2n) is 6.98. The van der Waals surface area contributed by atoms with Crippen LogP contribution in [-0.2, 0) is 13.0 Å². The number of aromatic nitrogens is 5. The maximum Gasteiger partial charge on any atom is 0.191 e. The van der Waals surface area contributed by atoms with Gasteiger partial charge < -0.3 is 10.6 Å². The molecule has 0 aliphatic carbocycles. The molecule has 2 N–H and O–H groups in total. The normalized spacial score (nSPS) is 11.1. The molecular formula is C23H27IN8. The number of benzene rings is 1. The van der Waals surface area contributed by atoms with Crippen LogP contribution in [0.2, 0.25) is 0 Å².